The maximum atomic E-state index is 13.2. The number of nitrogens with zero attached hydrogens (tertiary/aromatic N) is 1. The van der Waals surface area contributed by atoms with Crippen molar-refractivity contribution in [2.75, 3.05) is 6.61 Å². The van der Waals surface area contributed by atoms with Gasteiger partial charge >= 0.3 is 5.97 Å². The molecule has 168 valence electrons. The van der Waals surface area contributed by atoms with E-state index in [1.165, 1.54) is 16.7 Å². The third-order valence-corrected chi connectivity index (χ3v) is 7.27. The van der Waals surface area contributed by atoms with Gasteiger partial charge in [-0.05, 0) is 44.9 Å². The molecule has 0 bridgehead atoms. The number of ether oxygens (including phenoxy) is 1. The molecule has 0 saturated carbocycles. The number of β-lactam (4-membered cyclic amide) rings is 1. The molecule has 2 saturated heterocycles. The van der Waals surface area contributed by atoms with E-state index in [-0.39, 0.29) is 18.6 Å². The molecule has 0 unspecified atom stereocenters. The first-order chi connectivity index (χ1) is 14.6. The first kappa shape index (κ1) is 23.1. The summed E-state index contributed by atoms with van der Waals surface area (Å²) in [5.74, 6) is -1.91. The number of Topliss-reactive ketones (excluding diaryl/α,β-unsaturated/α-hetero) is 1. The highest BCUT2D eigenvalue weighted by molar-refractivity contribution is 8.01. The van der Waals surface area contributed by atoms with Gasteiger partial charge in [-0.2, -0.15) is 0 Å². The Labute approximate surface area is 185 Å². The van der Waals surface area contributed by atoms with Crippen LogP contribution in [0.1, 0.15) is 46.1 Å². The molecule has 2 aliphatic heterocycles. The molecule has 0 aliphatic carbocycles. The molecule has 2 fully saturated rings. The lowest BCUT2D eigenvalue weighted by Gasteiger charge is -2.52. The van der Waals surface area contributed by atoms with Crippen LogP contribution >= 0.6 is 11.8 Å². The van der Waals surface area contributed by atoms with Crippen molar-refractivity contribution in [1.82, 2.24) is 10.2 Å². The molecule has 9 heteroatoms. The zero-order valence-electron chi connectivity index (χ0n) is 18.1. The van der Waals surface area contributed by atoms with Gasteiger partial charge in [-0.25, -0.2) is 4.79 Å². The van der Waals surface area contributed by atoms with E-state index in [1.54, 1.807) is 38.1 Å². The fourth-order valence-electron chi connectivity index (χ4n) is 4.25. The standard InChI is InChI=1S/C22H28N2O6S/c1-5-7-15(25)22(19(29)24-17(18(27)28)21(3,4)31-20(22)24)23-16(26)12-13-8-10-14(11-9-13)30-6-2/h8-11,17,20H,5-7,12H2,1-4H3,(H,23,26)(H,27,28)/t17-,20+,22-/m0/s1. The van der Waals surface area contributed by atoms with Crippen LogP contribution in [0.3, 0.4) is 0 Å². The van der Waals surface area contributed by atoms with Crippen LogP contribution in [0, 0.1) is 0 Å². The van der Waals surface area contributed by atoms with Crippen LogP contribution in [0.4, 0.5) is 0 Å². The van der Waals surface area contributed by atoms with Crippen LogP contribution in [-0.4, -0.2) is 61.9 Å². The highest BCUT2D eigenvalue weighted by Crippen LogP contribution is 2.55. The number of amides is 2. The number of hydrogen-bond donors (Lipinski definition) is 2. The summed E-state index contributed by atoms with van der Waals surface area (Å²) in [5.41, 5.74) is -1.00. The molecule has 2 aliphatic rings. The molecule has 1 aromatic carbocycles. The Kier molecular flexibility index (Phi) is 6.36. The SMILES string of the molecule is CCCC(=O)[C@]1(NC(=O)Cc2ccc(OCC)cc2)C(=O)N2[C@@H](C(=O)O)C(C)(C)S[C@@H]21. The fraction of sp³-hybridized carbons (Fsp3) is 0.545. The van der Waals surface area contributed by atoms with Crippen molar-refractivity contribution in [2.24, 2.45) is 0 Å². The number of carbonyl (C=O) groups excluding carboxylic acids is 3. The second kappa shape index (κ2) is 8.53. The third kappa shape index (κ3) is 3.91. The van der Waals surface area contributed by atoms with Crippen molar-refractivity contribution in [1.29, 1.82) is 0 Å². The number of nitrogens with one attached hydrogen (secondary N) is 1. The van der Waals surface area contributed by atoms with Crippen molar-refractivity contribution in [2.45, 2.75) is 68.7 Å². The zero-order chi connectivity index (χ0) is 23.0. The van der Waals surface area contributed by atoms with Gasteiger partial charge in [0.2, 0.25) is 11.4 Å². The smallest absolute Gasteiger partial charge is 0.327 e. The van der Waals surface area contributed by atoms with Crippen molar-refractivity contribution < 1.29 is 29.0 Å². The van der Waals surface area contributed by atoms with Crippen molar-refractivity contribution in [3.8, 4) is 5.75 Å². The summed E-state index contributed by atoms with van der Waals surface area (Å²) < 4.78 is 4.60. The number of carboxylic acids is 1. The maximum Gasteiger partial charge on any atom is 0.327 e. The predicted molar refractivity (Wildman–Crippen MR) is 116 cm³/mol. The number of carbonyl (C=O) groups is 4. The van der Waals surface area contributed by atoms with Gasteiger partial charge in [0.15, 0.2) is 5.78 Å². The lowest BCUT2D eigenvalue weighted by Crippen LogP contribution is -2.82. The summed E-state index contributed by atoms with van der Waals surface area (Å²) in [4.78, 5) is 52.1. The largest absolute Gasteiger partial charge is 0.494 e. The van der Waals surface area contributed by atoms with E-state index in [4.69, 9.17) is 4.74 Å². The van der Waals surface area contributed by atoms with Gasteiger partial charge in [0, 0.05) is 11.2 Å². The molecule has 0 radical (unpaired) electrons. The number of aliphatic carboxylic acids is 1. The van der Waals surface area contributed by atoms with E-state index in [0.717, 1.165) is 0 Å². The first-order valence-electron chi connectivity index (χ1n) is 10.4. The lowest BCUT2D eigenvalue weighted by molar-refractivity contribution is -0.172. The minimum Gasteiger partial charge on any atom is -0.494 e. The predicted octanol–water partition coefficient (Wildman–Crippen LogP) is 2.00. The van der Waals surface area contributed by atoms with Gasteiger partial charge in [-0.1, -0.05) is 19.1 Å². The highest BCUT2D eigenvalue weighted by atomic mass is 32.2. The Morgan fingerprint density at radius 2 is 1.84 bits per heavy atom. The minimum atomic E-state index is -1.72. The Morgan fingerprint density at radius 1 is 1.19 bits per heavy atom. The Hall–Kier alpha value is -2.55. The summed E-state index contributed by atoms with van der Waals surface area (Å²) in [6.45, 7) is 7.70. The summed E-state index contributed by atoms with van der Waals surface area (Å²) in [5, 5.41) is 11.6. The molecule has 31 heavy (non-hydrogen) atoms. The van der Waals surface area contributed by atoms with E-state index in [2.05, 4.69) is 5.32 Å². The summed E-state index contributed by atoms with van der Waals surface area (Å²) in [6.07, 6.45) is 0.633. The Bertz CT molecular complexity index is 900. The van der Waals surface area contributed by atoms with Crippen molar-refractivity contribution >= 4 is 35.3 Å². The quantitative estimate of drug-likeness (QED) is 0.439. The van der Waals surface area contributed by atoms with E-state index in [1.807, 2.05) is 13.8 Å². The minimum absolute atomic E-state index is 0.00994. The molecule has 3 atom stereocenters. The first-order valence-corrected chi connectivity index (χ1v) is 11.3. The Morgan fingerprint density at radius 3 is 2.39 bits per heavy atom. The summed E-state index contributed by atoms with van der Waals surface area (Å²) in [7, 11) is 0. The van der Waals surface area contributed by atoms with Crippen LogP contribution in [-0.2, 0) is 25.6 Å². The molecule has 0 aromatic heterocycles. The second-order valence-electron chi connectivity index (χ2n) is 8.31. The van der Waals surface area contributed by atoms with Crippen molar-refractivity contribution in [3.05, 3.63) is 29.8 Å². The number of hydrogen-bond acceptors (Lipinski definition) is 6. The lowest BCUT2D eigenvalue weighted by atomic mass is 9.79. The van der Waals surface area contributed by atoms with Crippen LogP contribution < -0.4 is 10.1 Å². The van der Waals surface area contributed by atoms with Gasteiger partial charge in [-0.3, -0.25) is 14.4 Å². The van der Waals surface area contributed by atoms with E-state index in [9.17, 15) is 24.3 Å². The number of benzene rings is 1. The highest BCUT2D eigenvalue weighted by Gasteiger charge is 2.74. The molecular weight excluding hydrogens is 420 g/mol. The molecule has 2 N–H and O–H groups in total. The summed E-state index contributed by atoms with van der Waals surface area (Å²) >= 11 is 1.25. The van der Waals surface area contributed by atoms with E-state index < -0.39 is 39.5 Å². The van der Waals surface area contributed by atoms with Crippen molar-refractivity contribution in [3.63, 3.8) is 0 Å². The molecule has 8 nitrogen and oxygen atoms in total. The zero-order valence-corrected chi connectivity index (χ0v) is 19.0. The van der Waals surface area contributed by atoms with Gasteiger partial charge in [0.25, 0.3) is 5.91 Å². The molecule has 3 rings (SSSR count). The van der Waals surface area contributed by atoms with E-state index in [0.29, 0.717) is 24.3 Å². The maximum absolute atomic E-state index is 13.2. The van der Waals surface area contributed by atoms with Crippen LogP contribution in [0.15, 0.2) is 24.3 Å². The normalized spacial score (nSPS) is 26.1. The van der Waals surface area contributed by atoms with Crippen LogP contribution in [0.5, 0.6) is 5.75 Å². The van der Waals surface area contributed by atoms with Crippen LogP contribution in [0.25, 0.3) is 0 Å². The monoisotopic (exact) mass is 448 g/mol. The van der Waals surface area contributed by atoms with Gasteiger partial charge < -0.3 is 20.1 Å². The third-order valence-electron chi connectivity index (χ3n) is 5.63. The number of fused-ring (bicyclic) bond motifs is 1. The molecule has 2 heterocycles. The van der Waals surface area contributed by atoms with E-state index >= 15 is 0 Å². The van der Waals surface area contributed by atoms with Gasteiger partial charge in [-0.15, -0.1) is 11.8 Å². The molecular formula is C22H28N2O6S. The number of ketones is 1. The fourth-order valence-corrected chi connectivity index (χ4v) is 5.96. The second-order valence-corrected chi connectivity index (χ2v) is 10.0. The number of thioether (sulfide) groups is 1. The summed E-state index contributed by atoms with van der Waals surface area (Å²) in [6, 6.07) is 5.97. The molecule has 0 spiro atoms. The average molecular weight is 449 g/mol. The average Bonchev–Trinajstić information content (AvgIpc) is 2.96. The number of carboxylic acid groups (broad SMARTS) is 1. The van der Waals surface area contributed by atoms with Gasteiger partial charge in [0.05, 0.1) is 13.0 Å². The Balaban J connectivity index is 1.84. The number of rotatable bonds is 9. The molecule has 1 aromatic rings. The van der Waals surface area contributed by atoms with Crippen LogP contribution in [0.2, 0.25) is 0 Å². The topological polar surface area (TPSA) is 113 Å². The van der Waals surface area contributed by atoms with Gasteiger partial charge in [0.1, 0.15) is 17.2 Å². The molecule has 2 amide bonds.